The van der Waals surface area contributed by atoms with E-state index in [0.717, 1.165) is 23.3 Å². The molecular weight excluding hydrogens is 499 g/mol. The average Bonchev–Trinajstić information content (AvgIpc) is 3.44. The van der Waals surface area contributed by atoms with Crippen LogP contribution in [0, 0.1) is 0 Å². The first-order valence-corrected chi connectivity index (χ1v) is 11.7. The van der Waals surface area contributed by atoms with Crippen LogP contribution < -0.4 is 10.6 Å². The van der Waals surface area contributed by atoms with Gasteiger partial charge in [0.2, 0.25) is 5.82 Å². The first-order valence-electron chi connectivity index (χ1n) is 11.7. The van der Waals surface area contributed by atoms with Crippen molar-refractivity contribution in [3.05, 3.63) is 77.9 Å². The van der Waals surface area contributed by atoms with Crippen molar-refractivity contribution in [2.75, 3.05) is 23.7 Å². The number of nitrogens with one attached hydrogen (secondary N) is 3. The normalized spacial score (nSPS) is 11.2. The Hall–Kier alpha value is -4.74. The summed E-state index contributed by atoms with van der Waals surface area (Å²) in [6, 6.07) is 15.8. The van der Waals surface area contributed by atoms with Crippen molar-refractivity contribution >= 4 is 23.3 Å². The molecule has 0 bridgehead atoms. The number of H-pyrrole nitrogens is 1. The third-order valence-corrected chi connectivity index (χ3v) is 5.82. The summed E-state index contributed by atoms with van der Waals surface area (Å²) in [4.78, 5) is 27.0. The number of anilines is 2. The van der Waals surface area contributed by atoms with Gasteiger partial charge in [0.05, 0.1) is 11.3 Å². The second kappa shape index (κ2) is 11.1. The lowest BCUT2D eigenvalue weighted by atomic mass is 10.00. The largest absolute Gasteiger partial charge is 0.416 e. The highest BCUT2D eigenvalue weighted by molar-refractivity contribution is 6.02. The number of tetrazole rings is 1. The second-order valence-corrected chi connectivity index (χ2v) is 8.21. The number of halogens is 3. The van der Waals surface area contributed by atoms with E-state index >= 15 is 0 Å². The molecule has 4 aromatic rings. The van der Waals surface area contributed by atoms with Gasteiger partial charge in [-0.25, -0.2) is 4.79 Å². The molecule has 0 aliphatic heterocycles. The van der Waals surface area contributed by atoms with Gasteiger partial charge in [0.25, 0.3) is 5.91 Å². The van der Waals surface area contributed by atoms with Crippen molar-refractivity contribution in [3.8, 4) is 22.5 Å². The van der Waals surface area contributed by atoms with E-state index in [0.29, 0.717) is 29.9 Å². The molecule has 3 N–H and O–H groups in total. The van der Waals surface area contributed by atoms with Crippen LogP contribution in [0.5, 0.6) is 0 Å². The minimum atomic E-state index is -4.54. The van der Waals surface area contributed by atoms with Crippen molar-refractivity contribution in [1.29, 1.82) is 0 Å². The number of carbonyl (C=O) groups excluding carboxylic acids is 2. The van der Waals surface area contributed by atoms with Crippen molar-refractivity contribution in [3.63, 3.8) is 0 Å². The Morgan fingerprint density at radius 1 is 0.921 bits per heavy atom. The summed E-state index contributed by atoms with van der Waals surface area (Å²) in [5.74, 6) is 0.148. The van der Waals surface area contributed by atoms with E-state index in [1.807, 2.05) is 26.0 Å². The molecule has 1 aromatic heterocycles. The zero-order valence-corrected chi connectivity index (χ0v) is 20.5. The summed E-state index contributed by atoms with van der Waals surface area (Å²) in [5.41, 5.74) is 1.99. The summed E-state index contributed by atoms with van der Waals surface area (Å²) in [7, 11) is 0. The molecule has 196 valence electrons. The number of nitrogens with zero attached hydrogens (tertiary/aromatic N) is 4. The summed E-state index contributed by atoms with van der Waals surface area (Å²) < 4.78 is 39.0. The highest BCUT2D eigenvalue weighted by atomic mass is 19.4. The van der Waals surface area contributed by atoms with Crippen molar-refractivity contribution < 1.29 is 22.8 Å². The van der Waals surface area contributed by atoms with Crippen LogP contribution in [0.1, 0.15) is 29.8 Å². The van der Waals surface area contributed by atoms with E-state index in [4.69, 9.17) is 0 Å². The molecule has 3 aromatic carbocycles. The zero-order chi connectivity index (χ0) is 27.3. The Bertz CT molecular complexity index is 1420. The fourth-order valence-electron chi connectivity index (χ4n) is 3.85. The minimum absolute atomic E-state index is 0.0191. The Kier molecular flexibility index (Phi) is 7.70. The third kappa shape index (κ3) is 5.97. The molecular formula is C26H24F3N7O2. The maximum atomic E-state index is 13.0. The van der Waals surface area contributed by atoms with Crippen molar-refractivity contribution in [1.82, 2.24) is 25.5 Å². The van der Waals surface area contributed by atoms with Crippen LogP contribution in [0.15, 0.2) is 66.7 Å². The molecule has 4 rings (SSSR count). The summed E-state index contributed by atoms with van der Waals surface area (Å²) >= 11 is 0. The zero-order valence-electron chi connectivity index (χ0n) is 20.5. The fraction of sp³-hybridized carbons (Fsp3) is 0.192. The van der Waals surface area contributed by atoms with E-state index in [1.165, 1.54) is 12.1 Å². The molecule has 0 atom stereocenters. The number of aromatic nitrogens is 4. The number of amides is 3. The van der Waals surface area contributed by atoms with Crippen LogP contribution in [0.4, 0.5) is 29.3 Å². The highest BCUT2D eigenvalue weighted by Gasteiger charge is 2.30. The summed E-state index contributed by atoms with van der Waals surface area (Å²) in [6.07, 6.45) is -4.54. The Labute approximate surface area is 216 Å². The quantitative estimate of drug-likeness (QED) is 0.288. The number of alkyl halides is 3. The van der Waals surface area contributed by atoms with Crippen LogP contribution in [0.2, 0.25) is 0 Å². The first-order chi connectivity index (χ1) is 18.2. The standard InChI is InChI=1S/C26H24F3N7O2/c1-3-36(4-2)24(37)17-10-8-16(9-11-17)18-12-13-22(21(14-18)23-32-34-35-33-23)31-25(38)30-20-7-5-6-19(15-20)26(27,28)29/h5-15H,3-4H2,1-2H3,(H2,30,31,38)(H,32,33,34,35). The molecule has 38 heavy (non-hydrogen) atoms. The third-order valence-electron chi connectivity index (χ3n) is 5.82. The van der Waals surface area contributed by atoms with E-state index in [9.17, 15) is 22.8 Å². The lowest BCUT2D eigenvalue weighted by Gasteiger charge is -2.18. The van der Waals surface area contributed by atoms with Gasteiger partial charge in [-0.2, -0.15) is 18.4 Å². The molecule has 1 heterocycles. The molecule has 12 heteroatoms. The molecule has 0 fully saturated rings. The van der Waals surface area contributed by atoms with E-state index in [2.05, 4.69) is 31.3 Å². The van der Waals surface area contributed by atoms with Gasteiger partial charge in [-0.15, -0.1) is 10.2 Å². The Morgan fingerprint density at radius 2 is 1.63 bits per heavy atom. The van der Waals surface area contributed by atoms with E-state index in [-0.39, 0.29) is 17.4 Å². The molecule has 0 unspecified atom stereocenters. The summed E-state index contributed by atoms with van der Waals surface area (Å²) in [6.45, 7) is 5.07. The van der Waals surface area contributed by atoms with Crippen molar-refractivity contribution in [2.24, 2.45) is 0 Å². The molecule has 0 aliphatic rings. The van der Waals surface area contributed by atoms with E-state index in [1.54, 1.807) is 35.2 Å². The van der Waals surface area contributed by atoms with Gasteiger partial charge >= 0.3 is 12.2 Å². The number of carbonyl (C=O) groups is 2. The topological polar surface area (TPSA) is 116 Å². The minimum Gasteiger partial charge on any atom is -0.339 e. The number of aromatic amines is 1. The Balaban J connectivity index is 1.58. The van der Waals surface area contributed by atoms with Crippen molar-refractivity contribution in [2.45, 2.75) is 20.0 Å². The number of hydrogen-bond acceptors (Lipinski definition) is 5. The maximum Gasteiger partial charge on any atom is 0.416 e. The molecule has 0 saturated carbocycles. The monoisotopic (exact) mass is 523 g/mol. The van der Waals surface area contributed by atoms with Gasteiger partial charge in [0.15, 0.2) is 0 Å². The van der Waals surface area contributed by atoms with Crippen LogP contribution in [0.25, 0.3) is 22.5 Å². The predicted octanol–water partition coefficient (Wildman–Crippen LogP) is 5.68. The summed E-state index contributed by atoms with van der Waals surface area (Å²) in [5, 5.41) is 19.0. The first kappa shape index (κ1) is 26.3. The van der Waals surface area contributed by atoms with Crippen LogP contribution in [-0.2, 0) is 6.18 Å². The fourth-order valence-corrected chi connectivity index (χ4v) is 3.85. The smallest absolute Gasteiger partial charge is 0.339 e. The maximum absolute atomic E-state index is 13.0. The van der Waals surface area contributed by atoms with Gasteiger partial charge in [0, 0.05) is 29.9 Å². The van der Waals surface area contributed by atoms with E-state index < -0.39 is 17.8 Å². The molecule has 9 nitrogen and oxygen atoms in total. The Morgan fingerprint density at radius 3 is 2.26 bits per heavy atom. The predicted molar refractivity (Wildman–Crippen MR) is 136 cm³/mol. The van der Waals surface area contributed by atoms with Gasteiger partial charge < -0.3 is 15.5 Å². The second-order valence-electron chi connectivity index (χ2n) is 8.21. The van der Waals surface area contributed by atoms with Crippen LogP contribution >= 0.6 is 0 Å². The number of rotatable bonds is 7. The number of urea groups is 1. The SMILES string of the molecule is CCN(CC)C(=O)c1ccc(-c2ccc(NC(=O)Nc3cccc(C(F)(F)F)c3)c(-c3nn[nH]n3)c2)cc1. The lowest BCUT2D eigenvalue weighted by Crippen LogP contribution is -2.30. The average molecular weight is 524 g/mol. The molecule has 0 aliphatic carbocycles. The van der Waals surface area contributed by atoms with Crippen LogP contribution in [-0.4, -0.2) is 50.6 Å². The molecule has 0 radical (unpaired) electrons. The van der Waals surface area contributed by atoms with Gasteiger partial charge in [0.1, 0.15) is 0 Å². The van der Waals surface area contributed by atoms with Gasteiger partial charge in [-0.1, -0.05) is 24.3 Å². The molecule has 3 amide bonds. The van der Waals surface area contributed by atoms with Gasteiger partial charge in [-0.3, -0.25) is 4.79 Å². The number of benzene rings is 3. The molecule has 0 saturated heterocycles. The highest BCUT2D eigenvalue weighted by Crippen LogP contribution is 2.32. The lowest BCUT2D eigenvalue weighted by molar-refractivity contribution is -0.137. The van der Waals surface area contributed by atoms with Gasteiger partial charge in [-0.05, 0) is 72.7 Å². The molecule has 0 spiro atoms. The van der Waals surface area contributed by atoms with Crippen LogP contribution in [0.3, 0.4) is 0 Å². The number of hydrogen-bond donors (Lipinski definition) is 3.